The molecule has 0 saturated heterocycles. The average molecular weight is 1340 g/mol. The predicted octanol–water partition coefficient (Wildman–Crippen LogP) is 25.4. The molecular weight excluding hydrogens is 1290 g/mol. The maximum atomic E-state index is 6.66. The van der Waals surface area contributed by atoms with Gasteiger partial charge in [0, 0.05) is 128 Å². The Morgan fingerprint density at radius 2 is 0.588 bits per heavy atom. The molecule has 10 nitrogen and oxygen atoms in total. The third kappa shape index (κ3) is 9.03. The zero-order valence-electron chi connectivity index (χ0n) is 53.8. The number of fused-ring (bicyclic) bond motifs is 18. The molecule has 8 aromatic heterocycles. The molecule has 0 fully saturated rings. The molecule has 0 N–H and O–H groups in total. The van der Waals surface area contributed by atoms with Crippen LogP contribution in [0.2, 0.25) is 0 Å². The topological polar surface area (TPSA) is 130 Å². The Kier molecular flexibility index (Phi) is 12.3. The highest BCUT2D eigenvalue weighted by Gasteiger charge is 2.23. The van der Waals surface area contributed by atoms with E-state index in [1.165, 1.54) is 24.2 Å². The quantitative estimate of drug-likeness (QED) is 0.138. The number of aromatic nitrogens is 6. The Labute approximate surface area is 587 Å². The number of furan rings is 4. The Balaban J connectivity index is 0.594. The lowest BCUT2D eigenvalue weighted by Gasteiger charge is -2.10. The highest BCUT2D eigenvalue weighted by atomic mass is 32.1. The lowest BCUT2D eigenvalue weighted by Crippen LogP contribution is -2.00. The number of para-hydroxylation sites is 4. The molecule has 8 heterocycles. The van der Waals surface area contributed by atoms with Crippen molar-refractivity contribution < 1.29 is 17.7 Å². The third-order valence-corrected chi connectivity index (χ3v) is 22.3. The lowest BCUT2D eigenvalue weighted by molar-refractivity contribution is 0.668. The van der Waals surface area contributed by atoms with Crippen LogP contribution in [0.3, 0.4) is 0 Å². The van der Waals surface area contributed by atoms with Gasteiger partial charge in [-0.15, -0.1) is 22.7 Å². The minimum absolute atomic E-state index is 0.548. The van der Waals surface area contributed by atoms with Gasteiger partial charge in [-0.1, -0.05) is 194 Å². The predicted molar refractivity (Wildman–Crippen MR) is 417 cm³/mol. The van der Waals surface area contributed by atoms with Crippen molar-refractivity contribution in [1.82, 2.24) is 29.9 Å². The summed E-state index contributed by atoms with van der Waals surface area (Å²) in [6.45, 7) is 0. The van der Waals surface area contributed by atoms with Gasteiger partial charge in [0.1, 0.15) is 44.7 Å². The third-order valence-electron chi connectivity index (χ3n) is 20.0. The second-order valence-corrected chi connectivity index (χ2v) is 28.1. The van der Waals surface area contributed by atoms with E-state index in [9.17, 15) is 0 Å². The smallest absolute Gasteiger partial charge is 0.164 e. The van der Waals surface area contributed by atoms with E-state index in [0.29, 0.717) is 34.9 Å². The van der Waals surface area contributed by atoms with Crippen LogP contribution in [-0.4, -0.2) is 29.9 Å². The second-order valence-electron chi connectivity index (χ2n) is 26.0. The molecule has 0 aliphatic heterocycles. The van der Waals surface area contributed by atoms with Crippen LogP contribution in [0, 0.1) is 0 Å². The molecule has 0 aliphatic carbocycles. The normalized spacial score (nSPS) is 12.1. The van der Waals surface area contributed by atoms with Crippen molar-refractivity contribution in [2.24, 2.45) is 0 Å². The average Bonchev–Trinajstić information content (AvgIpc) is 1.59. The van der Waals surface area contributed by atoms with E-state index in [0.717, 1.165) is 171 Å². The van der Waals surface area contributed by atoms with Crippen LogP contribution in [0.4, 0.5) is 0 Å². The van der Waals surface area contributed by atoms with Crippen molar-refractivity contribution in [2.75, 3.05) is 0 Å². The van der Waals surface area contributed by atoms with Gasteiger partial charge in [-0.25, -0.2) is 29.9 Å². The summed E-state index contributed by atoms with van der Waals surface area (Å²) in [4.78, 5) is 31.4. The van der Waals surface area contributed by atoms with E-state index in [-0.39, 0.29) is 0 Å². The van der Waals surface area contributed by atoms with Gasteiger partial charge in [-0.3, -0.25) is 0 Å². The molecule has 22 aromatic rings. The number of thiophene rings is 2. The first-order valence-corrected chi connectivity index (χ1v) is 35.4. The first-order valence-electron chi connectivity index (χ1n) is 33.8. The van der Waals surface area contributed by atoms with Crippen molar-refractivity contribution in [3.8, 4) is 102 Å². The van der Waals surface area contributed by atoms with Crippen molar-refractivity contribution in [1.29, 1.82) is 0 Å². The first-order chi connectivity index (χ1) is 50.4. The summed E-state index contributed by atoms with van der Waals surface area (Å²) >= 11 is 3.55. The van der Waals surface area contributed by atoms with E-state index >= 15 is 0 Å². The van der Waals surface area contributed by atoms with E-state index < -0.39 is 0 Å². The van der Waals surface area contributed by atoms with Gasteiger partial charge in [0.05, 0.1) is 0 Å². The molecule has 0 radical (unpaired) electrons. The van der Waals surface area contributed by atoms with E-state index in [1.54, 1.807) is 22.7 Å². The summed E-state index contributed by atoms with van der Waals surface area (Å²) in [5, 5.41) is 13.0. The fraction of sp³-hybridized carbons (Fsp3) is 0. The molecule has 474 valence electrons. The maximum absolute atomic E-state index is 6.66. The van der Waals surface area contributed by atoms with Crippen LogP contribution < -0.4 is 0 Å². The lowest BCUT2D eigenvalue weighted by atomic mass is 10.00. The van der Waals surface area contributed by atoms with Gasteiger partial charge in [-0.05, 0) is 119 Å². The van der Waals surface area contributed by atoms with Gasteiger partial charge >= 0.3 is 0 Å². The minimum Gasteiger partial charge on any atom is -0.456 e. The largest absolute Gasteiger partial charge is 0.456 e. The molecule has 0 aliphatic rings. The Hall–Kier alpha value is -13.3. The van der Waals surface area contributed by atoms with Gasteiger partial charge in [0.2, 0.25) is 0 Å². The van der Waals surface area contributed by atoms with Crippen molar-refractivity contribution in [3.63, 3.8) is 0 Å². The molecule has 22 rings (SSSR count). The summed E-state index contributed by atoms with van der Waals surface area (Å²) in [6, 6.07) is 101. The molecular formula is C90H48N6O4S2. The van der Waals surface area contributed by atoms with Crippen molar-refractivity contribution in [3.05, 3.63) is 291 Å². The molecule has 0 atom stereocenters. The minimum atomic E-state index is 0.548. The Morgan fingerprint density at radius 3 is 1.22 bits per heavy atom. The summed E-state index contributed by atoms with van der Waals surface area (Å²) in [5.74, 6) is 3.43. The molecule has 0 spiro atoms. The molecule has 12 heteroatoms. The number of hydrogen-bond donors (Lipinski definition) is 0. The van der Waals surface area contributed by atoms with Crippen LogP contribution in [0.5, 0.6) is 0 Å². The molecule has 0 unspecified atom stereocenters. The molecule has 0 amide bonds. The zero-order chi connectivity index (χ0) is 66.7. The Morgan fingerprint density at radius 1 is 0.186 bits per heavy atom. The van der Waals surface area contributed by atoms with Crippen LogP contribution in [0.1, 0.15) is 0 Å². The van der Waals surface area contributed by atoms with Gasteiger partial charge in [0.25, 0.3) is 0 Å². The molecule has 102 heavy (non-hydrogen) atoms. The number of hydrogen-bond acceptors (Lipinski definition) is 12. The summed E-state index contributed by atoms with van der Waals surface area (Å²) in [6.07, 6.45) is 0. The van der Waals surface area contributed by atoms with E-state index in [1.807, 2.05) is 66.7 Å². The summed E-state index contributed by atoms with van der Waals surface area (Å²) in [5.41, 5.74) is 18.1. The van der Waals surface area contributed by atoms with Crippen molar-refractivity contribution in [2.45, 2.75) is 0 Å². The summed E-state index contributed by atoms with van der Waals surface area (Å²) in [7, 11) is 0. The maximum Gasteiger partial charge on any atom is 0.164 e. The first kappa shape index (κ1) is 56.7. The van der Waals surface area contributed by atoms with Gasteiger partial charge in [-0.2, -0.15) is 0 Å². The standard InChI is InChI=1S/C90H48N6O4S2/c1-2-13-50(14-3-1)85-91-87(94-88(92-85)56-32-37-62-69-43-53(34-40-74(69)97-76(62)46-56)58-18-10-20-65-60-15-4-7-23-72(60)99-83(58)65)55-36-42-79-71(45-55)64-39-31-52(48-81(64)102-79)49-27-29-51(30-28-49)86-93-89(96-90(95-86)68-22-12-26-80-82(68)67-17-6-9-25-78(67)101-80)57-33-38-63-70-44-54(35-41-75(70)98-77(63)47-57)59-19-11-21-66-61-16-5-8-24-73(61)100-84(59)66/h1-48H. The van der Waals surface area contributed by atoms with Crippen molar-refractivity contribution >= 4 is 151 Å². The summed E-state index contributed by atoms with van der Waals surface area (Å²) < 4.78 is 30.9. The highest BCUT2D eigenvalue weighted by Crippen LogP contribution is 2.45. The van der Waals surface area contributed by atoms with Crippen LogP contribution >= 0.6 is 22.7 Å². The van der Waals surface area contributed by atoms with E-state index in [4.69, 9.17) is 47.6 Å². The number of benzene rings is 14. The van der Waals surface area contributed by atoms with Gasteiger partial charge < -0.3 is 17.7 Å². The SMILES string of the molecule is c1ccc(-c2nc(-c3ccc4c(c3)oc3ccc(-c5cccc6c5oc5ccccc56)cc34)nc(-c3ccc4sc5cc(-c6ccc(-c7nc(-c8ccc9c(c8)oc8ccc(-c%10cccc%11c%10oc%10ccccc%10%11)cc89)nc(-c8cccc9sc%10ccccc%10c89)n7)cc6)ccc5c4c3)n2)cc1. The van der Waals surface area contributed by atoms with Gasteiger partial charge in [0.15, 0.2) is 34.9 Å². The fourth-order valence-electron chi connectivity index (χ4n) is 15.1. The number of nitrogens with zero attached hydrogens (tertiary/aromatic N) is 6. The fourth-order valence-corrected chi connectivity index (χ4v) is 17.3. The van der Waals surface area contributed by atoms with E-state index in [2.05, 4.69) is 224 Å². The molecule has 0 bridgehead atoms. The zero-order valence-corrected chi connectivity index (χ0v) is 55.5. The molecule has 14 aromatic carbocycles. The monoisotopic (exact) mass is 1340 g/mol. The molecule has 0 saturated carbocycles. The van der Waals surface area contributed by atoms with Crippen LogP contribution in [0.25, 0.3) is 230 Å². The number of rotatable bonds is 9. The Bertz CT molecular complexity index is 7280. The second kappa shape index (κ2) is 22.1. The highest BCUT2D eigenvalue weighted by molar-refractivity contribution is 7.26. The van der Waals surface area contributed by atoms with Crippen LogP contribution in [-0.2, 0) is 0 Å². The van der Waals surface area contributed by atoms with Crippen LogP contribution in [0.15, 0.2) is 309 Å².